The zero-order valence-corrected chi connectivity index (χ0v) is 14.6. The van der Waals surface area contributed by atoms with Gasteiger partial charge in [-0.1, -0.05) is 11.2 Å². The van der Waals surface area contributed by atoms with Gasteiger partial charge in [-0.15, -0.1) is 11.3 Å². The van der Waals surface area contributed by atoms with Gasteiger partial charge in [-0.25, -0.2) is 9.97 Å². The van der Waals surface area contributed by atoms with Crippen LogP contribution in [-0.2, 0) is 0 Å². The predicted molar refractivity (Wildman–Crippen MR) is 98.8 cm³/mol. The third-order valence-corrected chi connectivity index (χ3v) is 5.09. The molecule has 0 fully saturated rings. The van der Waals surface area contributed by atoms with Gasteiger partial charge in [0.25, 0.3) is 0 Å². The maximum absolute atomic E-state index is 10.8. The molecule has 6 heteroatoms. The number of nitrogens with one attached hydrogen (secondary N) is 1. The first-order valence-electron chi connectivity index (χ1n) is 7.66. The van der Waals surface area contributed by atoms with Crippen LogP contribution in [0.5, 0.6) is 0 Å². The number of pyridine rings is 2. The molecular weight excluding hydrogens is 320 g/mol. The van der Waals surface area contributed by atoms with Crippen molar-refractivity contribution in [2.45, 2.75) is 26.8 Å². The van der Waals surface area contributed by atoms with Gasteiger partial charge in [0.1, 0.15) is 17.7 Å². The summed E-state index contributed by atoms with van der Waals surface area (Å²) in [5, 5.41) is 6.34. The number of aryl methyl sites for hydroxylation is 2. The Balaban J connectivity index is 1.90. The fraction of sp³-hybridized carbons (Fsp3) is 0.222. The van der Waals surface area contributed by atoms with Crippen molar-refractivity contribution in [3.05, 3.63) is 63.5 Å². The third kappa shape index (κ3) is 3.49. The van der Waals surface area contributed by atoms with Gasteiger partial charge in [0.2, 0.25) is 0 Å². The Morgan fingerprint density at radius 1 is 1.17 bits per heavy atom. The molecule has 1 N–H and O–H groups in total. The fourth-order valence-electron chi connectivity index (χ4n) is 2.39. The standard InChI is InChI=1S/C18H18N4OS/c1-11-7-8-19-17(9-11)21-16-6-4-5-14(20-16)18-12(2)10-15(24-18)13(3)22-23/h4-10,13H,1-3H3,(H,19,20,21). The number of nitroso groups, excluding NO2 is 1. The van der Waals surface area contributed by atoms with Gasteiger partial charge in [0, 0.05) is 11.1 Å². The van der Waals surface area contributed by atoms with Crippen LogP contribution < -0.4 is 5.32 Å². The van der Waals surface area contributed by atoms with Crippen molar-refractivity contribution < 1.29 is 0 Å². The maximum Gasteiger partial charge on any atom is 0.132 e. The normalized spacial score (nSPS) is 12.0. The van der Waals surface area contributed by atoms with Gasteiger partial charge < -0.3 is 5.32 Å². The summed E-state index contributed by atoms with van der Waals surface area (Å²) < 4.78 is 0. The zero-order chi connectivity index (χ0) is 17.1. The smallest absolute Gasteiger partial charge is 0.132 e. The number of aromatic nitrogens is 2. The highest BCUT2D eigenvalue weighted by Crippen LogP contribution is 2.35. The molecule has 122 valence electrons. The summed E-state index contributed by atoms with van der Waals surface area (Å²) in [4.78, 5) is 21.8. The monoisotopic (exact) mass is 338 g/mol. The van der Waals surface area contributed by atoms with E-state index in [1.54, 1.807) is 24.5 Å². The average molecular weight is 338 g/mol. The van der Waals surface area contributed by atoms with Crippen LogP contribution in [-0.4, -0.2) is 9.97 Å². The molecule has 0 amide bonds. The highest BCUT2D eigenvalue weighted by Gasteiger charge is 2.14. The summed E-state index contributed by atoms with van der Waals surface area (Å²) in [5.74, 6) is 1.50. The van der Waals surface area contributed by atoms with Crippen LogP contribution in [0.3, 0.4) is 0 Å². The number of anilines is 2. The predicted octanol–water partition coefficient (Wildman–Crippen LogP) is 5.39. The molecular formula is C18H18N4OS. The Bertz CT molecular complexity index is 875. The summed E-state index contributed by atoms with van der Waals surface area (Å²) in [5.41, 5.74) is 3.11. The van der Waals surface area contributed by atoms with Crippen LogP contribution in [0.25, 0.3) is 10.6 Å². The van der Waals surface area contributed by atoms with E-state index in [0.29, 0.717) is 0 Å². The Hall–Kier alpha value is -2.60. The van der Waals surface area contributed by atoms with Crippen LogP contribution in [0.2, 0.25) is 0 Å². The minimum Gasteiger partial charge on any atom is -0.325 e. The average Bonchev–Trinajstić information content (AvgIpc) is 2.96. The molecule has 0 saturated carbocycles. The molecule has 0 aliphatic rings. The molecule has 3 heterocycles. The van der Waals surface area contributed by atoms with E-state index in [2.05, 4.69) is 20.5 Å². The van der Waals surface area contributed by atoms with Crippen molar-refractivity contribution in [2.75, 3.05) is 5.32 Å². The van der Waals surface area contributed by atoms with Crippen molar-refractivity contribution in [1.29, 1.82) is 0 Å². The molecule has 3 rings (SSSR count). The summed E-state index contributed by atoms with van der Waals surface area (Å²) >= 11 is 1.56. The summed E-state index contributed by atoms with van der Waals surface area (Å²) in [6, 6.07) is 11.4. The van der Waals surface area contributed by atoms with Gasteiger partial charge in [-0.3, -0.25) is 0 Å². The summed E-state index contributed by atoms with van der Waals surface area (Å²) in [7, 11) is 0. The Morgan fingerprint density at radius 3 is 2.75 bits per heavy atom. The maximum atomic E-state index is 10.8. The molecule has 0 bridgehead atoms. The van der Waals surface area contributed by atoms with Gasteiger partial charge in [-0.2, -0.15) is 4.91 Å². The minimum atomic E-state index is -0.333. The highest BCUT2D eigenvalue weighted by atomic mass is 32.1. The third-order valence-electron chi connectivity index (χ3n) is 3.66. The first kappa shape index (κ1) is 16.3. The number of hydrogen-bond donors (Lipinski definition) is 1. The lowest BCUT2D eigenvalue weighted by atomic mass is 10.2. The minimum absolute atomic E-state index is 0.333. The second-order valence-electron chi connectivity index (χ2n) is 5.69. The van der Waals surface area contributed by atoms with Gasteiger partial charge >= 0.3 is 0 Å². The number of rotatable bonds is 5. The largest absolute Gasteiger partial charge is 0.325 e. The molecule has 0 spiro atoms. The summed E-state index contributed by atoms with van der Waals surface area (Å²) in [6.45, 7) is 5.85. The number of thiophene rings is 1. The Morgan fingerprint density at radius 2 is 2.00 bits per heavy atom. The number of nitrogens with zero attached hydrogens (tertiary/aromatic N) is 3. The Kier molecular flexibility index (Phi) is 4.66. The fourth-order valence-corrected chi connectivity index (χ4v) is 3.51. The molecule has 0 aromatic carbocycles. The van der Waals surface area contributed by atoms with Crippen molar-refractivity contribution in [2.24, 2.45) is 5.18 Å². The zero-order valence-electron chi connectivity index (χ0n) is 13.8. The lowest BCUT2D eigenvalue weighted by Crippen LogP contribution is -1.96. The van der Waals surface area contributed by atoms with Crippen molar-refractivity contribution in [1.82, 2.24) is 9.97 Å². The lowest BCUT2D eigenvalue weighted by molar-refractivity contribution is 0.830. The lowest BCUT2D eigenvalue weighted by Gasteiger charge is -2.07. The molecule has 3 aromatic rings. The Labute approximate surface area is 144 Å². The van der Waals surface area contributed by atoms with Crippen LogP contribution in [0, 0.1) is 18.8 Å². The molecule has 0 aliphatic carbocycles. The molecule has 3 aromatic heterocycles. The number of hydrogen-bond acceptors (Lipinski definition) is 6. The topological polar surface area (TPSA) is 67.2 Å². The molecule has 5 nitrogen and oxygen atoms in total. The quantitative estimate of drug-likeness (QED) is 0.633. The molecule has 24 heavy (non-hydrogen) atoms. The van der Waals surface area contributed by atoms with Gasteiger partial charge in [0.05, 0.1) is 10.6 Å². The molecule has 0 radical (unpaired) electrons. The molecule has 0 aliphatic heterocycles. The van der Waals surface area contributed by atoms with Gasteiger partial charge in [0.15, 0.2) is 0 Å². The van der Waals surface area contributed by atoms with Crippen LogP contribution in [0.4, 0.5) is 11.6 Å². The van der Waals surface area contributed by atoms with E-state index in [1.165, 1.54) is 0 Å². The molecule has 0 saturated heterocycles. The van der Waals surface area contributed by atoms with Crippen LogP contribution >= 0.6 is 11.3 Å². The van der Waals surface area contributed by atoms with Crippen molar-refractivity contribution >= 4 is 23.0 Å². The van der Waals surface area contributed by atoms with E-state index in [1.807, 2.05) is 50.2 Å². The van der Waals surface area contributed by atoms with E-state index in [-0.39, 0.29) is 6.04 Å². The first-order chi connectivity index (χ1) is 11.6. The van der Waals surface area contributed by atoms with Gasteiger partial charge in [-0.05, 0) is 62.2 Å². The highest BCUT2D eigenvalue weighted by molar-refractivity contribution is 7.15. The molecule has 1 atom stereocenters. The first-order valence-corrected chi connectivity index (χ1v) is 8.48. The van der Waals surface area contributed by atoms with E-state index in [4.69, 9.17) is 0 Å². The second kappa shape index (κ2) is 6.88. The van der Waals surface area contributed by atoms with Crippen LogP contribution in [0.1, 0.15) is 29.0 Å². The van der Waals surface area contributed by atoms with Crippen molar-refractivity contribution in [3.8, 4) is 10.6 Å². The van der Waals surface area contributed by atoms with Crippen molar-refractivity contribution in [3.63, 3.8) is 0 Å². The van der Waals surface area contributed by atoms with E-state index in [0.717, 1.165) is 38.2 Å². The second-order valence-corrected chi connectivity index (χ2v) is 6.78. The SMILES string of the molecule is Cc1ccnc(Nc2cccc(-c3sc(C(C)N=O)cc3C)n2)c1. The summed E-state index contributed by atoms with van der Waals surface area (Å²) in [6.07, 6.45) is 1.77. The van der Waals surface area contributed by atoms with E-state index < -0.39 is 0 Å². The van der Waals surface area contributed by atoms with Crippen LogP contribution in [0.15, 0.2) is 47.8 Å². The van der Waals surface area contributed by atoms with E-state index >= 15 is 0 Å². The van der Waals surface area contributed by atoms with E-state index in [9.17, 15) is 4.91 Å². The molecule has 1 unspecified atom stereocenters.